The van der Waals surface area contributed by atoms with Crippen molar-refractivity contribution in [1.29, 1.82) is 0 Å². The minimum Gasteiger partial charge on any atom is -0.492 e. The number of amides is 2. The Balaban J connectivity index is 1.88. The summed E-state index contributed by atoms with van der Waals surface area (Å²) < 4.78 is 6.97. The summed E-state index contributed by atoms with van der Waals surface area (Å²) in [5.41, 5.74) is 5.79. The molecule has 3 N–H and O–H groups in total. The number of hydrogen-bond donors (Lipinski definition) is 3. The van der Waals surface area contributed by atoms with E-state index in [1.54, 1.807) is 42.5 Å². The first kappa shape index (κ1) is 22.3. The standard InChI is InChI=1S/C19H19Br2N3O3S/c1-2-3-10-27-16-9-8-12(11-15(16)21)17(25)22-19(28)24-23-18(26)13-6-4-5-7-14(13)20/h4-9,11H,2-3,10H2,1H3,(H,23,26)(H2,22,24,25,28). The highest BCUT2D eigenvalue weighted by Gasteiger charge is 2.13. The monoisotopic (exact) mass is 527 g/mol. The van der Waals surface area contributed by atoms with Gasteiger partial charge in [-0.3, -0.25) is 25.8 Å². The third kappa shape index (κ3) is 6.57. The highest BCUT2D eigenvalue weighted by molar-refractivity contribution is 9.10. The number of ether oxygens (including phenoxy) is 1. The van der Waals surface area contributed by atoms with E-state index in [4.69, 9.17) is 17.0 Å². The molecule has 2 amide bonds. The molecule has 0 heterocycles. The smallest absolute Gasteiger partial charge is 0.270 e. The van der Waals surface area contributed by atoms with Crippen molar-refractivity contribution in [1.82, 2.24) is 16.2 Å². The second kappa shape index (κ2) is 11.1. The zero-order chi connectivity index (χ0) is 20.5. The first-order valence-electron chi connectivity index (χ1n) is 8.51. The summed E-state index contributed by atoms with van der Waals surface area (Å²) in [6, 6.07) is 12.0. The van der Waals surface area contributed by atoms with Crippen LogP contribution in [0.25, 0.3) is 0 Å². The fraction of sp³-hybridized carbons (Fsp3) is 0.211. The molecule has 6 nitrogen and oxygen atoms in total. The lowest BCUT2D eigenvalue weighted by Crippen LogP contribution is -2.48. The molecule has 0 aliphatic rings. The van der Waals surface area contributed by atoms with E-state index in [-0.39, 0.29) is 11.0 Å². The van der Waals surface area contributed by atoms with Gasteiger partial charge in [0, 0.05) is 10.0 Å². The maximum atomic E-state index is 12.3. The fourth-order valence-corrected chi connectivity index (χ4v) is 3.22. The van der Waals surface area contributed by atoms with Crippen molar-refractivity contribution < 1.29 is 14.3 Å². The van der Waals surface area contributed by atoms with Crippen molar-refractivity contribution >= 4 is 61.0 Å². The Bertz CT molecular complexity index is 877. The van der Waals surface area contributed by atoms with Crippen LogP contribution in [0.15, 0.2) is 51.4 Å². The Morgan fingerprint density at radius 1 is 1.04 bits per heavy atom. The van der Waals surface area contributed by atoms with Gasteiger partial charge in [0.1, 0.15) is 5.75 Å². The molecule has 2 aromatic rings. The van der Waals surface area contributed by atoms with E-state index in [0.717, 1.165) is 12.8 Å². The quantitative estimate of drug-likeness (QED) is 0.295. The molecule has 0 saturated heterocycles. The van der Waals surface area contributed by atoms with E-state index in [1.165, 1.54) is 0 Å². The van der Waals surface area contributed by atoms with Crippen molar-refractivity contribution in [3.05, 3.63) is 62.5 Å². The summed E-state index contributed by atoms with van der Waals surface area (Å²) in [7, 11) is 0. The second-order valence-corrected chi connectivity index (χ2v) is 7.81. The molecule has 0 atom stereocenters. The van der Waals surface area contributed by atoms with E-state index < -0.39 is 5.91 Å². The van der Waals surface area contributed by atoms with Gasteiger partial charge < -0.3 is 4.74 Å². The van der Waals surface area contributed by atoms with Crippen LogP contribution in [0, 0.1) is 0 Å². The maximum absolute atomic E-state index is 12.3. The van der Waals surface area contributed by atoms with Gasteiger partial charge in [-0.15, -0.1) is 0 Å². The second-order valence-electron chi connectivity index (χ2n) is 5.69. The largest absolute Gasteiger partial charge is 0.492 e. The number of rotatable bonds is 6. The van der Waals surface area contributed by atoms with Gasteiger partial charge in [-0.2, -0.15) is 0 Å². The molecular formula is C19H19Br2N3O3S. The third-order valence-electron chi connectivity index (χ3n) is 3.58. The van der Waals surface area contributed by atoms with Crippen LogP contribution in [0.1, 0.15) is 40.5 Å². The van der Waals surface area contributed by atoms with Gasteiger partial charge in [-0.05, 0) is 80.8 Å². The molecule has 0 spiro atoms. The van der Waals surface area contributed by atoms with Gasteiger partial charge in [0.15, 0.2) is 5.11 Å². The number of halogens is 2. The summed E-state index contributed by atoms with van der Waals surface area (Å²) in [5.74, 6) is -0.125. The van der Waals surface area contributed by atoms with Crippen LogP contribution >= 0.6 is 44.1 Å². The Morgan fingerprint density at radius 3 is 2.46 bits per heavy atom. The lowest BCUT2D eigenvalue weighted by atomic mass is 10.2. The van der Waals surface area contributed by atoms with E-state index in [9.17, 15) is 9.59 Å². The van der Waals surface area contributed by atoms with Crippen molar-refractivity contribution in [3.63, 3.8) is 0 Å². The lowest BCUT2D eigenvalue weighted by Gasteiger charge is -2.12. The van der Waals surface area contributed by atoms with Gasteiger partial charge >= 0.3 is 0 Å². The molecule has 2 rings (SSSR count). The topological polar surface area (TPSA) is 79.5 Å². The predicted octanol–water partition coefficient (Wildman–Crippen LogP) is 4.34. The van der Waals surface area contributed by atoms with Gasteiger partial charge in [-0.1, -0.05) is 25.5 Å². The molecule has 0 bridgehead atoms. The molecule has 2 aromatic carbocycles. The van der Waals surface area contributed by atoms with Gasteiger partial charge in [0.05, 0.1) is 16.6 Å². The van der Waals surface area contributed by atoms with Crippen LogP contribution in [-0.2, 0) is 0 Å². The summed E-state index contributed by atoms with van der Waals surface area (Å²) >= 11 is 11.8. The highest BCUT2D eigenvalue weighted by Crippen LogP contribution is 2.26. The normalized spacial score (nSPS) is 10.1. The van der Waals surface area contributed by atoms with Crippen LogP contribution in [0.5, 0.6) is 5.75 Å². The lowest BCUT2D eigenvalue weighted by molar-refractivity contribution is 0.0934. The highest BCUT2D eigenvalue weighted by atomic mass is 79.9. The zero-order valence-electron chi connectivity index (χ0n) is 15.1. The first-order chi connectivity index (χ1) is 13.4. The number of nitrogens with one attached hydrogen (secondary N) is 3. The third-order valence-corrected chi connectivity index (χ3v) is 5.10. The predicted molar refractivity (Wildman–Crippen MR) is 119 cm³/mol. The average molecular weight is 529 g/mol. The summed E-state index contributed by atoms with van der Waals surface area (Å²) in [6.45, 7) is 2.70. The number of benzene rings is 2. The molecule has 28 heavy (non-hydrogen) atoms. The number of unbranched alkanes of at least 4 members (excludes halogenated alkanes) is 1. The summed E-state index contributed by atoms with van der Waals surface area (Å²) in [5, 5.41) is 2.49. The molecule has 9 heteroatoms. The van der Waals surface area contributed by atoms with Crippen LogP contribution in [0.4, 0.5) is 0 Å². The average Bonchev–Trinajstić information content (AvgIpc) is 2.67. The van der Waals surface area contributed by atoms with E-state index in [2.05, 4.69) is 55.0 Å². The first-order valence-corrected chi connectivity index (χ1v) is 10.5. The number of hydrazine groups is 1. The van der Waals surface area contributed by atoms with Gasteiger partial charge in [0.25, 0.3) is 11.8 Å². The Kier molecular flexibility index (Phi) is 8.88. The minimum atomic E-state index is -0.409. The van der Waals surface area contributed by atoms with Crippen molar-refractivity contribution in [2.45, 2.75) is 19.8 Å². The van der Waals surface area contributed by atoms with Gasteiger partial charge in [-0.25, -0.2) is 0 Å². The van der Waals surface area contributed by atoms with Crippen LogP contribution in [-0.4, -0.2) is 23.5 Å². The summed E-state index contributed by atoms with van der Waals surface area (Å²) in [6.07, 6.45) is 2.00. The fourth-order valence-electron chi connectivity index (χ4n) is 2.12. The summed E-state index contributed by atoms with van der Waals surface area (Å²) in [4.78, 5) is 24.4. The number of hydrogen-bond acceptors (Lipinski definition) is 4. The molecular weight excluding hydrogens is 510 g/mol. The van der Waals surface area contributed by atoms with Gasteiger partial charge in [0.2, 0.25) is 0 Å². The zero-order valence-corrected chi connectivity index (χ0v) is 19.0. The number of carbonyl (C=O) groups excluding carboxylic acids is 2. The van der Waals surface area contributed by atoms with Crippen LogP contribution < -0.4 is 20.9 Å². The van der Waals surface area contributed by atoms with E-state index in [1.807, 2.05) is 0 Å². The van der Waals surface area contributed by atoms with Crippen molar-refractivity contribution in [3.8, 4) is 5.75 Å². The molecule has 0 aliphatic carbocycles. The van der Waals surface area contributed by atoms with Crippen LogP contribution in [0.2, 0.25) is 0 Å². The molecule has 0 saturated carbocycles. The van der Waals surface area contributed by atoms with E-state index in [0.29, 0.717) is 32.4 Å². The maximum Gasteiger partial charge on any atom is 0.270 e. The molecule has 0 aliphatic heterocycles. The molecule has 0 aromatic heterocycles. The SMILES string of the molecule is CCCCOc1ccc(C(=O)NC(=S)NNC(=O)c2ccccc2Br)cc1Br. The van der Waals surface area contributed by atoms with Crippen molar-refractivity contribution in [2.75, 3.05) is 6.61 Å². The van der Waals surface area contributed by atoms with Crippen molar-refractivity contribution in [2.24, 2.45) is 0 Å². The minimum absolute atomic E-state index is 0.0233. The Hall–Kier alpha value is -1.97. The Morgan fingerprint density at radius 2 is 1.79 bits per heavy atom. The molecule has 0 fully saturated rings. The number of carbonyl (C=O) groups is 2. The molecule has 0 radical (unpaired) electrons. The van der Waals surface area contributed by atoms with E-state index >= 15 is 0 Å². The number of thiocarbonyl (C=S) groups is 1. The molecule has 148 valence electrons. The molecule has 0 unspecified atom stereocenters. The Labute approximate surface area is 185 Å². The van der Waals surface area contributed by atoms with Crippen LogP contribution in [0.3, 0.4) is 0 Å².